The van der Waals surface area contributed by atoms with Gasteiger partial charge < -0.3 is 19.5 Å². The van der Waals surface area contributed by atoms with Crippen LogP contribution >= 0.6 is 0 Å². The van der Waals surface area contributed by atoms with Gasteiger partial charge in [0.25, 0.3) is 0 Å². The van der Waals surface area contributed by atoms with Crippen molar-refractivity contribution in [2.24, 2.45) is 0 Å². The predicted octanol–water partition coefficient (Wildman–Crippen LogP) is 7.51. The second-order valence-corrected chi connectivity index (χ2v) is 10.4. The Morgan fingerprint density at radius 3 is 2.47 bits per heavy atom. The standard InChI is InChI=1S/C33H33N3O2/c1-22(34)27-12-13-28(27)33(35)32-21-29-30(8-4-9-31(29)38-32)37-19-5-16-36-17-14-24(15-18-36)26-11-10-23-6-2-3-7-25(23)20-26/h2-4,6-13,20-21,24,34-35H,5,14-19H2,1H3. The minimum Gasteiger partial charge on any atom is -0.493 e. The van der Waals surface area contributed by atoms with Crippen LogP contribution < -0.4 is 4.74 Å². The molecule has 38 heavy (non-hydrogen) atoms. The maximum absolute atomic E-state index is 8.55. The number of hydrogen-bond acceptors (Lipinski definition) is 5. The van der Waals surface area contributed by atoms with Gasteiger partial charge in [-0.1, -0.05) is 60.7 Å². The maximum Gasteiger partial charge on any atom is 0.153 e. The van der Waals surface area contributed by atoms with Crippen LogP contribution in [0, 0.1) is 10.8 Å². The van der Waals surface area contributed by atoms with Crippen LogP contribution in [0.2, 0.25) is 0 Å². The smallest absolute Gasteiger partial charge is 0.153 e. The Morgan fingerprint density at radius 1 is 0.921 bits per heavy atom. The van der Waals surface area contributed by atoms with Crippen molar-refractivity contribution in [3.8, 4) is 5.75 Å². The lowest BCUT2D eigenvalue weighted by atomic mass is 9.88. The average Bonchev–Trinajstić information content (AvgIpc) is 3.36. The van der Waals surface area contributed by atoms with Gasteiger partial charge in [-0.2, -0.15) is 0 Å². The molecule has 0 bridgehead atoms. The Bertz CT molecular complexity index is 1580. The Morgan fingerprint density at radius 2 is 1.71 bits per heavy atom. The molecule has 0 atom stereocenters. The third kappa shape index (κ3) is 4.82. The summed E-state index contributed by atoms with van der Waals surface area (Å²) >= 11 is 0. The lowest BCUT2D eigenvalue weighted by Gasteiger charge is -2.32. The van der Waals surface area contributed by atoms with E-state index in [1.807, 2.05) is 36.4 Å². The van der Waals surface area contributed by atoms with Gasteiger partial charge in [-0.3, -0.25) is 5.41 Å². The normalized spacial score (nSPS) is 16.2. The van der Waals surface area contributed by atoms with Crippen molar-refractivity contribution in [1.29, 1.82) is 10.8 Å². The fourth-order valence-corrected chi connectivity index (χ4v) is 5.63. The Labute approximate surface area is 223 Å². The van der Waals surface area contributed by atoms with Crippen molar-refractivity contribution in [3.05, 3.63) is 101 Å². The monoisotopic (exact) mass is 503 g/mol. The summed E-state index contributed by atoms with van der Waals surface area (Å²) in [6.07, 6.45) is 7.11. The van der Waals surface area contributed by atoms with E-state index in [0.717, 1.165) is 53.9 Å². The van der Waals surface area contributed by atoms with Crippen LogP contribution in [0.1, 0.15) is 43.4 Å². The molecule has 1 saturated heterocycles. The number of nitrogens with one attached hydrogen (secondary N) is 2. The van der Waals surface area contributed by atoms with Gasteiger partial charge in [-0.15, -0.1) is 0 Å². The van der Waals surface area contributed by atoms with Crippen LogP contribution in [0.15, 0.2) is 94.4 Å². The van der Waals surface area contributed by atoms with E-state index in [4.69, 9.17) is 20.0 Å². The second-order valence-electron chi connectivity index (χ2n) is 10.4. The third-order valence-electron chi connectivity index (χ3n) is 7.86. The first-order valence-corrected chi connectivity index (χ1v) is 13.5. The number of benzene rings is 3. The lowest BCUT2D eigenvalue weighted by molar-refractivity contribution is 0.193. The zero-order chi connectivity index (χ0) is 26.1. The zero-order valence-electron chi connectivity index (χ0n) is 21.8. The topological polar surface area (TPSA) is 73.3 Å². The molecule has 192 valence electrons. The highest BCUT2D eigenvalue weighted by Gasteiger charge is 2.22. The molecule has 2 N–H and O–H groups in total. The van der Waals surface area contributed by atoms with Crippen molar-refractivity contribution in [2.45, 2.75) is 32.1 Å². The fraction of sp³-hybridized carbons (Fsp3) is 0.273. The number of furan rings is 1. The highest BCUT2D eigenvalue weighted by atomic mass is 16.5. The van der Waals surface area contributed by atoms with Gasteiger partial charge in [0.05, 0.1) is 12.0 Å². The minimum absolute atomic E-state index is 0.309. The molecule has 0 saturated carbocycles. The second kappa shape index (κ2) is 10.4. The number of likely N-dealkylation sites (tertiary alicyclic amines) is 1. The van der Waals surface area contributed by atoms with Gasteiger partial charge in [-0.05, 0) is 79.7 Å². The quantitative estimate of drug-likeness (QED) is 0.183. The first kappa shape index (κ1) is 24.4. The molecule has 1 aliphatic carbocycles. The molecular weight excluding hydrogens is 470 g/mol. The summed E-state index contributed by atoms with van der Waals surface area (Å²) in [5.41, 5.74) is 4.52. The highest BCUT2D eigenvalue weighted by Crippen LogP contribution is 2.33. The summed E-state index contributed by atoms with van der Waals surface area (Å²) in [6, 6.07) is 23.3. The van der Waals surface area contributed by atoms with Crippen LogP contribution in [0.5, 0.6) is 5.75 Å². The van der Waals surface area contributed by atoms with E-state index in [9.17, 15) is 0 Å². The molecule has 6 rings (SSSR count). The summed E-state index contributed by atoms with van der Waals surface area (Å²) in [4.78, 5) is 2.56. The molecular formula is C33H33N3O2. The lowest BCUT2D eigenvalue weighted by Crippen LogP contribution is -2.34. The van der Waals surface area contributed by atoms with Crippen LogP contribution in [0.25, 0.3) is 21.7 Å². The molecule has 0 spiro atoms. The SMILES string of the molecule is CC(=N)C1=C(C(=N)c2cc3c(OCCCN4CCC(c5ccc6ccccc6c5)CC4)cccc3o2)C=C1. The molecule has 5 heteroatoms. The molecule has 2 aliphatic rings. The molecule has 3 aromatic carbocycles. The van der Waals surface area contributed by atoms with E-state index in [-0.39, 0.29) is 0 Å². The summed E-state index contributed by atoms with van der Waals surface area (Å²) in [5, 5.41) is 20.0. The van der Waals surface area contributed by atoms with E-state index < -0.39 is 0 Å². The first-order chi connectivity index (χ1) is 18.6. The van der Waals surface area contributed by atoms with E-state index in [0.29, 0.717) is 29.7 Å². The van der Waals surface area contributed by atoms with Gasteiger partial charge in [0.15, 0.2) is 5.76 Å². The van der Waals surface area contributed by atoms with Crippen LogP contribution in [-0.2, 0) is 0 Å². The van der Waals surface area contributed by atoms with Crippen LogP contribution in [0.4, 0.5) is 0 Å². The van der Waals surface area contributed by atoms with Crippen molar-refractivity contribution in [1.82, 2.24) is 4.90 Å². The third-order valence-corrected chi connectivity index (χ3v) is 7.86. The van der Waals surface area contributed by atoms with Crippen LogP contribution in [-0.4, -0.2) is 42.6 Å². The minimum atomic E-state index is 0.309. The molecule has 1 aliphatic heterocycles. The largest absolute Gasteiger partial charge is 0.493 e. The predicted molar refractivity (Wildman–Crippen MR) is 155 cm³/mol. The van der Waals surface area contributed by atoms with Gasteiger partial charge in [0.2, 0.25) is 0 Å². The number of fused-ring (bicyclic) bond motifs is 2. The number of hydrogen-bond donors (Lipinski definition) is 2. The molecule has 4 aromatic rings. The van der Waals surface area contributed by atoms with Crippen molar-refractivity contribution < 1.29 is 9.15 Å². The number of nitrogens with zero attached hydrogens (tertiary/aromatic N) is 1. The average molecular weight is 504 g/mol. The number of allylic oxidation sites excluding steroid dienone is 4. The Hall–Kier alpha value is -3.96. The van der Waals surface area contributed by atoms with E-state index in [1.54, 1.807) is 6.92 Å². The molecule has 0 amide bonds. The van der Waals surface area contributed by atoms with Crippen LogP contribution in [0.3, 0.4) is 0 Å². The highest BCUT2D eigenvalue weighted by molar-refractivity contribution is 6.20. The molecule has 2 heterocycles. The summed E-state index contributed by atoms with van der Waals surface area (Å²) in [6.45, 7) is 5.67. The summed E-state index contributed by atoms with van der Waals surface area (Å²) in [5.74, 6) is 1.94. The number of piperidine rings is 1. The molecule has 0 unspecified atom stereocenters. The van der Waals surface area contributed by atoms with E-state index in [1.165, 1.54) is 29.2 Å². The van der Waals surface area contributed by atoms with Gasteiger partial charge in [0.1, 0.15) is 17.0 Å². The van der Waals surface area contributed by atoms with E-state index in [2.05, 4.69) is 47.4 Å². The van der Waals surface area contributed by atoms with Gasteiger partial charge in [0, 0.05) is 23.4 Å². The molecule has 5 nitrogen and oxygen atoms in total. The fourth-order valence-electron chi connectivity index (χ4n) is 5.63. The Balaban J connectivity index is 1.01. The van der Waals surface area contributed by atoms with Crippen molar-refractivity contribution in [3.63, 3.8) is 0 Å². The Kier molecular flexibility index (Phi) is 6.69. The zero-order valence-corrected chi connectivity index (χ0v) is 21.8. The van der Waals surface area contributed by atoms with Gasteiger partial charge >= 0.3 is 0 Å². The molecule has 1 fully saturated rings. The summed E-state index contributed by atoms with van der Waals surface area (Å²) < 4.78 is 12.2. The van der Waals surface area contributed by atoms with E-state index >= 15 is 0 Å². The molecule has 0 radical (unpaired) electrons. The number of ether oxygens (including phenoxy) is 1. The maximum atomic E-state index is 8.55. The number of rotatable bonds is 9. The van der Waals surface area contributed by atoms with Crippen molar-refractivity contribution >= 4 is 33.2 Å². The molecule has 1 aromatic heterocycles. The van der Waals surface area contributed by atoms with Gasteiger partial charge in [-0.25, -0.2) is 0 Å². The summed E-state index contributed by atoms with van der Waals surface area (Å²) in [7, 11) is 0. The van der Waals surface area contributed by atoms with Crippen molar-refractivity contribution in [2.75, 3.05) is 26.2 Å². The first-order valence-electron chi connectivity index (χ1n) is 13.5.